The molecule has 3 aliphatic rings. The average Bonchev–Trinajstić information content (AvgIpc) is 3.53. The highest BCUT2D eigenvalue weighted by atomic mass is 16.5. The molecule has 170 valence electrons. The molecule has 0 spiro atoms. The number of carbonyl (C=O) groups is 2. The normalized spacial score (nSPS) is 23.8. The summed E-state index contributed by atoms with van der Waals surface area (Å²) in [5.74, 6) is 0.674. The Kier molecular flexibility index (Phi) is 7.62. The molecule has 6 nitrogen and oxygen atoms in total. The van der Waals surface area contributed by atoms with Crippen LogP contribution in [0.5, 0.6) is 0 Å². The van der Waals surface area contributed by atoms with E-state index in [2.05, 4.69) is 17.1 Å². The van der Waals surface area contributed by atoms with Crippen LogP contribution < -0.4 is 5.32 Å². The molecule has 31 heavy (non-hydrogen) atoms. The molecule has 1 aliphatic carbocycles. The molecule has 1 saturated carbocycles. The zero-order chi connectivity index (χ0) is 21.6. The van der Waals surface area contributed by atoms with Gasteiger partial charge in [-0.15, -0.1) is 0 Å². The Bertz CT molecular complexity index is 731. The number of nitrogens with zero attached hydrogens (tertiary/aromatic N) is 2. The van der Waals surface area contributed by atoms with E-state index in [1.807, 2.05) is 29.2 Å². The summed E-state index contributed by atoms with van der Waals surface area (Å²) >= 11 is 0. The van der Waals surface area contributed by atoms with Crippen LogP contribution in [0.4, 0.5) is 0 Å². The maximum Gasteiger partial charge on any atom is 0.253 e. The minimum atomic E-state index is -0.0787. The van der Waals surface area contributed by atoms with Gasteiger partial charge in [-0.2, -0.15) is 0 Å². The fourth-order valence-corrected chi connectivity index (χ4v) is 5.34. The van der Waals surface area contributed by atoms with Crippen LogP contribution in [0.2, 0.25) is 0 Å². The monoisotopic (exact) mass is 427 g/mol. The molecule has 2 amide bonds. The van der Waals surface area contributed by atoms with Crippen molar-refractivity contribution in [2.75, 3.05) is 39.3 Å². The summed E-state index contributed by atoms with van der Waals surface area (Å²) in [6.07, 6.45) is 7.95. The van der Waals surface area contributed by atoms with E-state index in [4.69, 9.17) is 4.74 Å². The second-order valence-corrected chi connectivity index (χ2v) is 9.25. The van der Waals surface area contributed by atoms with Crippen LogP contribution in [0, 0.1) is 5.92 Å². The SMILES string of the molecule is CCc1ccc(C(=O)N2CCN([C@H](C(=O)NC[C@@H]3CCCO3)C3CCCC3)CC2)cc1. The second kappa shape index (κ2) is 10.6. The lowest BCUT2D eigenvalue weighted by molar-refractivity contribution is -0.129. The number of benzene rings is 1. The molecule has 0 bridgehead atoms. The van der Waals surface area contributed by atoms with Gasteiger partial charge in [-0.25, -0.2) is 0 Å². The third kappa shape index (κ3) is 5.47. The van der Waals surface area contributed by atoms with Gasteiger partial charge in [0.25, 0.3) is 5.91 Å². The van der Waals surface area contributed by atoms with Crippen molar-refractivity contribution in [3.05, 3.63) is 35.4 Å². The minimum Gasteiger partial charge on any atom is -0.376 e. The number of aryl methyl sites for hydroxylation is 1. The average molecular weight is 428 g/mol. The molecule has 0 aromatic heterocycles. The first-order chi connectivity index (χ1) is 15.2. The molecule has 2 heterocycles. The molecule has 6 heteroatoms. The fourth-order valence-electron chi connectivity index (χ4n) is 5.34. The van der Waals surface area contributed by atoms with Gasteiger partial charge in [-0.3, -0.25) is 14.5 Å². The Morgan fingerprint density at radius 3 is 2.35 bits per heavy atom. The fraction of sp³-hybridized carbons (Fsp3) is 0.680. The minimum absolute atomic E-state index is 0.0787. The van der Waals surface area contributed by atoms with Gasteiger partial charge in [0.05, 0.1) is 12.1 Å². The first-order valence-electron chi connectivity index (χ1n) is 12.2. The summed E-state index contributed by atoms with van der Waals surface area (Å²) in [7, 11) is 0. The van der Waals surface area contributed by atoms with Gasteiger partial charge < -0.3 is 15.0 Å². The number of hydrogen-bond acceptors (Lipinski definition) is 4. The van der Waals surface area contributed by atoms with Gasteiger partial charge in [0.15, 0.2) is 0 Å². The van der Waals surface area contributed by atoms with Gasteiger partial charge in [0.2, 0.25) is 5.91 Å². The largest absolute Gasteiger partial charge is 0.376 e. The third-order valence-electron chi connectivity index (χ3n) is 7.25. The molecule has 0 radical (unpaired) electrons. The van der Waals surface area contributed by atoms with E-state index >= 15 is 0 Å². The molecule has 1 aromatic rings. The van der Waals surface area contributed by atoms with Crippen molar-refractivity contribution < 1.29 is 14.3 Å². The summed E-state index contributed by atoms with van der Waals surface area (Å²) in [6, 6.07) is 7.88. The first kappa shape index (κ1) is 22.3. The number of nitrogens with one attached hydrogen (secondary N) is 1. The van der Waals surface area contributed by atoms with Crippen molar-refractivity contribution in [2.24, 2.45) is 5.92 Å². The van der Waals surface area contributed by atoms with E-state index in [0.717, 1.165) is 57.4 Å². The zero-order valence-corrected chi connectivity index (χ0v) is 18.9. The number of rotatable bonds is 7. The molecule has 1 N–H and O–H groups in total. The summed E-state index contributed by atoms with van der Waals surface area (Å²) < 4.78 is 5.68. The van der Waals surface area contributed by atoms with Crippen LogP contribution in [-0.4, -0.2) is 73.1 Å². The van der Waals surface area contributed by atoms with Crippen molar-refractivity contribution in [1.82, 2.24) is 15.1 Å². The Hall–Kier alpha value is -1.92. The van der Waals surface area contributed by atoms with E-state index in [0.29, 0.717) is 25.6 Å². The van der Waals surface area contributed by atoms with Gasteiger partial charge >= 0.3 is 0 Å². The maximum atomic E-state index is 13.2. The summed E-state index contributed by atoms with van der Waals surface area (Å²) in [5.41, 5.74) is 2.00. The van der Waals surface area contributed by atoms with Crippen LogP contribution in [0.1, 0.15) is 61.4 Å². The zero-order valence-electron chi connectivity index (χ0n) is 18.9. The third-order valence-corrected chi connectivity index (χ3v) is 7.25. The van der Waals surface area contributed by atoms with Gasteiger partial charge in [0.1, 0.15) is 0 Å². The Morgan fingerprint density at radius 1 is 1.03 bits per heavy atom. The molecule has 0 unspecified atom stereocenters. The molecule has 2 atom stereocenters. The van der Waals surface area contributed by atoms with Crippen LogP contribution in [0.3, 0.4) is 0 Å². The van der Waals surface area contributed by atoms with Crippen molar-refractivity contribution in [2.45, 2.75) is 64.0 Å². The molecule has 4 rings (SSSR count). The van der Waals surface area contributed by atoms with Crippen LogP contribution in [0.25, 0.3) is 0 Å². The van der Waals surface area contributed by atoms with Crippen molar-refractivity contribution in [3.8, 4) is 0 Å². The molecule has 2 aliphatic heterocycles. The lowest BCUT2D eigenvalue weighted by atomic mass is 9.94. The number of carbonyl (C=O) groups excluding carboxylic acids is 2. The smallest absolute Gasteiger partial charge is 0.253 e. The Morgan fingerprint density at radius 2 is 1.74 bits per heavy atom. The first-order valence-corrected chi connectivity index (χ1v) is 12.2. The summed E-state index contributed by atoms with van der Waals surface area (Å²) in [6.45, 7) is 6.42. The quantitative estimate of drug-likeness (QED) is 0.727. The second-order valence-electron chi connectivity index (χ2n) is 9.25. The number of amides is 2. The van der Waals surface area contributed by atoms with Crippen molar-refractivity contribution in [1.29, 1.82) is 0 Å². The standard InChI is InChI=1S/C25H37N3O3/c1-2-19-9-11-21(12-10-19)25(30)28-15-13-27(14-16-28)23(20-6-3-4-7-20)24(29)26-18-22-8-5-17-31-22/h9-12,20,22-23H,2-8,13-18H2,1H3,(H,26,29)/t22-,23-/m0/s1. The van der Waals surface area contributed by atoms with E-state index in [9.17, 15) is 9.59 Å². The lowest BCUT2D eigenvalue weighted by Crippen LogP contribution is -2.58. The van der Waals surface area contributed by atoms with E-state index < -0.39 is 0 Å². The van der Waals surface area contributed by atoms with Gasteiger partial charge in [-0.05, 0) is 55.7 Å². The van der Waals surface area contributed by atoms with Crippen molar-refractivity contribution in [3.63, 3.8) is 0 Å². The lowest BCUT2D eigenvalue weighted by Gasteiger charge is -2.41. The Balaban J connectivity index is 1.35. The van der Waals surface area contributed by atoms with Crippen LogP contribution >= 0.6 is 0 Å². The van der Waals surface area contributed by atoms with Gasteiger partial charge in [-0.1, -0.05) is 31.9 Å². The highest BCUT2D eigenvalue weighted by molar-refractivity contribution is 5.94. The van der Waals surface area contributed by atoms with E-state index in [-0.39, 0.29) is 24.0 Å². The summed E-state index contributed by atoms with van der Waals surface area (Å²) in [4.78, 5) is 30.4. The van der Waals surface area contributed by atoms with Crippen LogP contribution in [0.15, 0.2) is 24.3 Å². The molecular weight excluding hydrogens is 390 g/mol. The topological polar surface area (TPSA) is 61.9 Å². The number of hydrogen-bond donors (Lipinski definition) is 1. The predicted octanol–water partition coefficient (Wildman–Crippen LogP) is 2.86. The molecule has 2 saturated heterocycles. The van der Waals surface area contributed by atoms with Crippen LogP contribution in [-0.2, 0) is 16.0 Å². The van der Waals surface area contributed by atoms with E-state index in [1.165, 1.54) is 18.4 Å². The van der Waals surface area contributed by atoms with Gasteiger partial charge in [0, 0.05) is 44.9 Å². The highest BCUT2D eigenvalue weighted by Gasteiger charge is 2.37. The maximum absolute atomic E-state index is 13.2. The predicted molar refractivity (Wildman–Crippen MR) is 121 cm³/mol. The Labute approximate surface area is 186 Å². The molecule has 1 aromatic carbocycles. The number of ether oxygens (including phenoxy) is 1. The highest BCUT2D eigenvalue weighted by Crippen LogP contribution is 2.31. The van der Waals surface area contributed by atoms with E-state index in [1.54, 1.807) is 0 Å². The number of piperazine rings is 1. The van der Waals surface area contributed by atoms with Crippen molar-refractivity contribution >= 4 is 11.8 Å². The summed E-state index contributed by atoms with van der Waals surface area (Å²) in [5, 5.41) is 3.18. The molecule has 3 fully saturated rings. The molecular formula is C25H37N3O3.